The highest BCUT2D eigenvalue weighted by molar-refractivity contribution is 9.10. The molecule has 2 aromatic rings. The lowest BCUT2D eigenvalue weighted by Gasteiger charge is -2.09. The van der Waals surface area contributed by atoms with E-state index in [2.05, 4.69) is 31.7 Å². The summed E-state index contributed by atoms with van der Waals surface area (Å²) in [7, 11) is 0. The molecule has 0 aliphatic rings. The van der Waals surface area contributed by atoms with Gasteiger partial charge in [-0.05, 0) is 39.7 Å². The van der Waals surface area contributed by atoms with Crippen molar-refractivity contribution in [3.05, 3.63) is 57.9 Å². The fourth-order valence-corrected chi connectivity index (χ4v) is 1.98. The van der Waals surface area contributed by atoms with Crippen LogP contribution in [0.25, 0.3) is 0 Å². The minimum Gasteiger partial charge on any atom is -0.348 e. The summed E-state index contributed by atoms with van der Waals surface area (Å²) in [5.41, 5.74) is 3.33. The van der Waals surface area contributed by atoms with Gasteiger partial charge >= 0.3 is 0 Å². The zero-order valence-electron chi connectivity index (χ0n) is 10.4. The average Bonchev–Trinajstić information content (AvgIpc) is 2.45. The van der Waals surface area contributed by atoms with Crippen LogP contribution in [0.15, 0.2) is 41.0 Å². The number of hydrazine groups is 1. The summed E-state index contributed by atoms with van der Waals surface area (Å²) in [4.78, 5) is 16.1. The number of rotatable bonds is 4. The molecule has 1 aromatic carbocycles. The zero-order valence-corrected chi connectivity index (χ0v) is 11.9. The average molecular weight is 339 g/mol. The topological polar surface area (TPSA) is 80.0 Å². The van der Waals surface area contributed by atoms with Gasteiger partial charge in [0.2, 0.25) is 0 Å². The van der Waals surface area contributed by atoms with Crippen molar-refractivity contribution >= 4 is 27.7 Å². The van der Waals surface area contributed by atoms with E-state index in [4.69, 9.17) is 5.84 Å². The van der Waals surface area contributed by atoms with Crippen molar-refractivity contribution in [3.63, 3.8) is 0 Å². The second-order valence-electron chi connectivity index (χ2n) is 4.01. The highest BCUT2D eigenvalue weighted by Crippen LogP contribution is 2.17. The molecule has 2 rings (SSSR count). The van der Waals surface area contributed by atoms with E-state index in [0.717, 1.165) is 0 Å². The third-order valence-corrected chi connectivity index (χ3v) is 3.01. The molecule has 0 atom stereocenters. The molecule has 0 saturated heterocycles. The monoisotopic (exact) mass is 338 g/mol. The molecule has 20 heavy (non-hydrogen) atoms. The Kier molecular flexibility index (Phi) is 4.65. The van der Waals surface area contributed by atoms with E-state index in [9.17, 15) is 9.18 Å². The number of hydrogen-bond acceptors (Lipinski definition) is 4. The fraction of sp³-hybridized carbons (Fsp3) is 0.0769. The predicted octanol–water partition coefficient (Wildman–Crippen LogP) is 2.20. The molecule has 4 N–H and O–H groups in total. The molecule has 1 heterocycles. The lowest BCUT2D eigenvalue weighted by molar-refractivity contribution is 0.0951. The lowest BCUT2D eigenvalue weighted by atomic mass is 10.2. The van der Waals surface area contributed by atoms with Gasteiger partial charge in [0, 0.05) is 17.2 Å². The molecule has 0 unspecified atom stereocenters. The minimum absolute atomic E-state index is 0.215. The number of carbonyl (C=O) groups excluding carboxylic acids is 1. The third kappa shape index (κ3) is 3.52. The summed E-state index contributed by atoms with van der Waals surface area (Å²) in [6.07, 6.45) is 1.53. The van der Waals surface area contributed by atoms with Crippen LogP contribution in [0.3, 0.4) is 0 Å². The van der Waals surface area contributed by atoms with Gasteiger partial charge in [-0.1, -0.05) is 12.1 Å². The van der Waals surface area contributed by atoms with Crippen LogP contribution in [-0.4, -0.2) is 10.9 Å². The predicted molar refractivity (Wildman–Crippen MR) is 77.3 cm³/mol. The lowest BCUT2D eigenvalue weighted by Crippen LogP contribution is -2.25. The Hall–Kier alpha value is -1.99. The van der Waals surface area contributed by atoms with Crippen LogP contribution < -0.4 is 16.6 Å². The number of nitrogens with zero attached hydrogens (tertiary/aromatic N) is 1. The van der Waals surface area contributed by atoms with Crippen LogP contribution in [0.1, 0.15) is 15.9 Å². The van der Waals surface area contributed by atoms with Gasteiger partial charge in [-0.25, -0.2) is 15.2 Å². The maximum atomic E-state index is 13.0. The van der Waals surface area contributed by atoms with E-state index in [1.807, 2.05) is 0 Å². The Morgan fingerprint density at radius 1 is 1.40 bits per heavy atom. The van der Waals surface area contributed by atoms with Crippen LogP contribution in [-0.2, 0) is 6.54 Å². The van der Waals surface area contributed by atoms with Crippen molar-refractivity contribution < 1.29 is 9.18 Å². The highest BCUT2D eigenvalue weighted by atomic mass is 79.9. The molecule has 0 saturated carbocycles. The highest BCUT2D eigenvalue weighted by Gasteiger charge is 2.12. The zero-order chi connectivity index (χ0) is 14.5. The second-order valence-corrected chi connectivity index (χ2v) is 4.92. The van der Waals surface area contributed by atoms with Gasteiger partial charge in [0.15, 0.2) is 5.82 Å². The summed E-state index contributed by atoms with van der Waals surface area (Å²) in [6, 6.07) is 7.62. The van der Waals surface area contributed by atoms with Crippen LogP contribution in [0.4, 0.5) is 10.2 Å². The Morgan fingerprint density at radius 2 is 2.20 bits per heavy atom. The molecular formula is C13H12BrFN4O. The summed E-state index contributed by atoms with van der Waals surface area (Å²) < 4.78 is 13.7. The van der Waals surface area contributed by atoms with Crippen molar-refractivity contribution in [2.24, 2.45) is 5.84 Å². The Morgan fingerprint density at radius 3 is 2.90 bits per heavy atom. The number of anilines is 1. The SMILES string of the molecule is NNc1ncc(Br)cc1C(=O)NCc1cccc(F)c1. The number of halogens is 2. The van der Waals surface area contributed by atoms with Gasteiger partial charge in [0.25, 0.3) is 5.91 Å². The van der Waals surface area contributed by atoms with Crippen LogP contribution >= 0.6 is 15.9 Å². The third-order valence-electron chi connectivity index (χ3n) is 2.58. The second kappa shape index (κ2) is 6.44. The van der Waals surface area contributed by atoms with E-state index in [0.29, 0.717) is 15.6 Å². The Bertz CT molecular complexity index is 636. The number of nitrogen functional groups attached to an aromatic ring is 1. The van der Waals surface area contributed by atoms with E-state index in [1.165, 1.54) is 18.3 Å². The van der Waals surface area contributed by atoms with Crippen molar-refractivity contribution in [1.82, 2.24) is 10.3 Å². The number of hydrogen-bond donors (Lipinski definition) is 3. The number of pyridine rings is 1. The first-order valence-electron chi connectivity index (χ1n) is 5.75. The molecule has 7 heteroatoms. The molecule has 0 fully saturated rings. The number of amides is 1. The first-order chi connectivity index (χ1) is 9.60. The van der Waals surface area contributed by atoms with Gasteiger partial charge in [-0.15, -0.1) is 0 Å². The fourth-order valence-electron chi connectivity index (χ4n) is 1.65. The molecule has 0 spiro atoms. The quantitative estimate of drug-likeness (QED) is 0.589. The molecule has 0 aliphatic heterocycles. The molecule has 0 bridgehead atoms. The first-order valence-corrected chi connectivity index (χ1v) is 6.54. The standard InChI is InChI=1S/C13H12BrFN4O/c14-9-5-11(12(19-16)17-7-9)13(20)18-6-8-2-1-3-10(15)4-8/h1-5,7H,6,16H2,(H,17,19)(H,18,20). The van der Waals surface area contributed by atoms with Crippen LogP contribution in [0, 0.1) is 5.82 Å². The smallest absolute Gasteiger partial charge is 0.255 e. The maximum Gasteiger partial charge on any atom is 0.255 e. The number of carbonyl (C=O) groups is 1. The van der Waals surface area contributed by atoms with Crippen LogP contribution in [0.5, 0.6) is 0 Å². The van der Waals surface area contributed by atoms with Gasteiger partial charge in [-0.2, -0.15) is 0 Å². The van der Waals surface area contributed by atoms with Gasteiger partial charge in [0.05, 0.1) is 5.56 Å². The summed E-state index contributed by atoms with van der Waals surface area (Å²) in [6.45, 7) is 0.215. The number of aromatic nitrogens is 1. The number of benzene rings is 1. The van der Waals surface area contributed by atoms with E-state index in [-0.39, 0.29) is 24.1 Å². The molecule has 0 radical (unpaired) electrons. The summed E-state index contributed by atoms with van der Waals surface area (Å²) in [5.74, 6) is 4.88. The van der Waals surface area contributed by atoms with Crippen molar-refractivity contribution in [2.75, 3.05) is 5.43 Å². The summed E-state index contributed by atoms with van der Waals surface area (Å²) in [5, 5.41) is 2.68. The molecule has 5 nitrogen and oxygen atoms in total. The van der Waals surface area contributed by atoms with E-state index in [1.54, 1.807) is 18.2 Å². The number of nitrogens with two attached hydrogens (primary N) is 1. The first kappa shape index (κ1) is 14.4. The normalized spacial score (nSPS) is 10.2. The van der Waals surface area contributed by atoms with Crippen molar-refractivity contribution in [3.8, 4) is 0 Å². The molecular weight excluding hydrogens is 327 g/mol. The number of nitrogens with one attached hydrogen (secondary N) is 2. The Labute approximate surface area is 123 Å². The molecule has 1 aromatic heterocycles. The van der Waals surface area contributed by atoms with Crippen molar-refractivity contribution in [2.45, 2.75) is 6.54 Å². The molecule has 104 valence electrons. The maximum absolute atomic E-state index is 13.0. The Balaban J connectivity index is 2.10. The minimum atomic E-state index is -0.351. The molecule has 0 aliphatic carbocycles. The van der Waals surface area contributed by atoms with Crippen molar-refractivity contribution in [1.29, 1.82) is 0 Å². The van der Waals surface area contributed by atoms with Gasteiger partial charge in [0.1, 0.15) is 5.82 Å². The summed E-state index contributed by atoms with van der Waals surface area (Å²) >= 11 is 3.24. The molecule has 1 amide bonds. The van der Waals surface area contributed by atoms with Gasteiger partial charge < -0.3 is 10.7 Å². The van der Waals surface area contributed by atoms with E-state index >= 15 is 0 Å². The van der Waals surface area contributed by atoms with Gasteiger partial charge in [-0.3, -0.25) is 4.79 Å². The largest absolute Gasteiger partial charge is 0.348 e. The van der Waals surface area contributed by atoms with E-state index < -0.39 is 0 Å². The van der Waals surface area contributed by atoms with Crippen LogP contribution in [0.2, 0.25) is 0 Å².